The van der Waals surface area contributed by atoms with Gasteiger partial charge in [0.1, 0.15) is 0 Å². The molecule has 0 aliphatic carbocycles. The van der Waals surface area contributed by atoms with Gasteiger partial charge in [-0.15, -0.1) is 0 Å². The number of aliphatic hydroxyl groups excluding tert-OH is 1. The number of rotatable bonds is 4. The molecule has 1 aliphatic rings. The first-order chi connectivity index (χ1) is 5.25. The van der Waals surface area contributed by atoms with E-state index in [1.165, 1.54) is 12.8 Å². The van der Waals surface area contributed by atoms with Gasteiger partial charge in [0, 0.05) is 0 Å². The van der Waals surface area contributed by atoms with Crippen molar-refractivity contribution in [2.75, 3.05) is 0 Å². The molecule has 0 saturated carbocycles. The van der Waals surface area contributed by atoms with Gasteiger partial charge in [0.05, 0.1) is 6.04 Å². The Labute approximate surface area is 66.8 Å². The van der Waals surface area contributed by atoms with Gasteiger partial charge in [-0.25, -0.2) is 0 Å². The zero-order chi connectivity index (χ0) is 8.27. The predicted octanol–water partition coefficient (Wildman–Crippen LogP) is 0.426. The van der Waals surface area contributed by atoms with Gasteiger partial charge in [-0.1, -0.05) is 26.2 Å². The highest BCUT2D eigenvalue weighted by Gasteiger charge is 2.36. The van der Waals surface area contributed by atoms with Gasteiger partial charge >= 0.3 is 0 Å². The lowest BCUT2D eigenvalue weighted by atomic mass is 9.96. The lowest BCUT2D eigenvalue weighted by molar-refractivity contribution is -0.142. The number of unbranched alkanes of at least 4 members (excludes halogenated alkanes) is 2. The molecule has 2 N–H and O–H groups in total. The minimum atomic E-state index is -0.730. The van der Waals surface area contributed by atoms with E-state index in [9.17, 15) is 4.79 Å². The summed E-state index contributed by atoms with van der Waals surface area (Å²) < 4.78 is 0. The van der Waals surface area contributed by atoms with E-state index < -0.39 is 6.10 Å². The molecule has 1 aliphatic heterocycles. The number of nitrogens with one attached hydrogen (secondary N) is 1. The highest BCUT2D eigenvalue weighted by molar-refractivity contribution is 5.87. The second-order valence-corrected chi connectivity index (χ2v) is 3.06. The average Bonchev–Trinajstić information content (AvgIpc) is 2.03. The summed E-state index contributed by atoms with van der Waals surface area (Å²) in [5.41, 5.74) is 0. The first-order valence-electron chi connectivity index (χ1n) is 4.24. The maximum atomic E-state index is 10.5. The van der Waals surface area contributed by atoms with Crippen LogP contribution in [0.2, 0.25) is 0 Å². The third-order valence-corrected chi connectivity index (χ3v) is 2.10. The monoisotopic (exact) mass is 157 g/mol. The molecular formula is C8H15NO2. The van der Waals surface area contributed by atoms with Crippen molar-refractivity contribution in [1.29, 1.82) is 0 Å². The number of carbonyl (C=O) groups excluding carboxylic acids is 1. The molecule has 2 atom stereocenters. The highest BCUT2D eigenvalue weighted by Crippen LogP contribution is 2.13. The fourth-order valence-corrected chi connectivity index (χ4v) is 1.28. The summed E-state index contributed by atoms with van der Waals surface area (Å²) in [6.45, 7) is 2.13. The lowest BCUT2D eigenvalue weighted by Gasteiger charge is -2.32. The first-order valence-corrected chi connectivity index (χ1v) is 4.24. The molecule has 1 fully saturated rings. The largest absolute Gasteiger partial charge is 0.381 e. The third-order valence-electron chi connectivity index (χ3n) is 2.10. The number of hydrogen-bond acceptors (Lipinski definition) is 2. The zero-order valence-corrected chi connectivity index (χ0v) is 6.84. The molecule has 3 heteroatoms. The first kappa shape index (κ1) is 8.53. The maximum Gasteiger partial charge on any atom is 0.251 e. The third kappa shape index (κ3) is 1.93. The topological polar surface area (TPSA) is 49.3 Å². The van der Waals surface area contributed by atoms with Crippen LogP contribution in [0.15, 0.2) is 0 Å². The van der Waals surface area contributed by atoms with E-state index >= 15 is 0 Å². The number of hydrogen-bond donors (Lipinski definition) is 2. The fraction of sp³-hybridized carbons (Fsp3) is 0.875. The van der Waals surface area contributed by atoms with Crippen molar-refractivity contribution in [1.82, 2.24) is 5.32 Å². The minimum absolute atomic E-state index is 0.0362. The number of β-lactam (4-membered cyclic amide) rings is 1. The van der Waals surface area contributed by atoms with E-state index in [-0.39, 0.29) is 11.9 Å². The van der Waals surface area contributed by atoms with Crippen LogP contribution in [0.5, 0.6) is 0 Å². The van der Waals surface area contributed by atoms with E-state index in [1.807, 2.05) is 0 Å². The molecule has 11 heavy (non-hydrogen) atoms. The van der Waals surface area contributed by atoms with Crippen LogP contribution in [-0.4, -0.2) is 23.2 Å². The van der Waals surface area contributed by atoms with Gasteiger partial charge in [-0.05, 0) is 6.42 Å². The summed E-state index contributed by atoms with van der Waals surface area (Å²) >= 11 is 0. The van der Waals surface area contributed by atoms with Crippen molar-refractivity contribution in [3.05, 3.63) is 0 Å². The highest BCUT2D eigenvalue weighted by atomic mass is 16.3. The average molecular weight is 157 g/mol. The Balaban J connectivity index is 2.05. The molecule has 0 aromatic carbocycles. The van der Waals surface area contributed by atoms with Crippen molar-refractivity contribution in [2.24, 2.45) is 0 Å². The smallest absolute Gasteiger partial charge is 0.251 e. The van der Waals surface area contributed by atoms with Crippen LogP contribution in [0.3, 0.4) is 0 Å². The Morgan fingerprint density at radius 2 is 2.27 bits per heavy atom. The SMILES string of the molecule is CCCCCC1NC(=O)C1O. The number of carbonyl (C=O) groups is 1. The molecule has 2 unspecified atom stereocenters. The second-order valence-electron chi connectivity index (χ2n) is 3.06. The van der Waals surface area contributed by atoms with Crippen LogP contribution in [0.25, 0.3) is 0 Å². The minimum Gasteiger partial charge on any atom is -0.381 e. The summed E-state index contributed by atoms with van der Waals surface area (Å²) in [7, 11) is 0. The summed E-state index contributed by atoms with van der Waals surface area (Å²) in [6.07, 6.45) is 3.64. The Kier molecular flexibility index (Phi) is 2.88. The Hall–Kier alpha value is -0.570. The van der Waals surface area contributed by atoms with Gasteiger partial charge in [-0.2, -0.15) is 0 Å². The molecule has 1 amide bonds. The van der Waals surface area contributed by atoms with Gasteiger partial charge in [0.2, 0.25) is 0 Å². The van der Waals surface area contributed by atoms with Crippen molar-refractivity contribution >= 4 is 5.91 Å². The van der Waals surface area contributed by atoms with Gasteiger partial charge in [-0.3, -0.25) is 4.79 Å². The van der Waals surface area contributed by atoms with Crippen LogP contribution in [-0.2, 0) is 4.79 Å². The van der Waals surface area contributed by atoms with Crippen LogP contribution in [0, 0.1) is 0 Å². The summed E-state index contributed by atoms with van der Waals surface area (Å²) in [5, 5.41) is 11.7. The molecule has 0 aromatic heterocycles. The van der Waals surface area contributed by atoms with Crippen molar-refractivity contribution in [3.8, 4) is 0 Å². The van der Waals surface area contributed by atoms with Gasteiger partial charge < -0.3 is 10.4 Å². The maximum absolute atomic E-state index is 10.5. The summed E-state index contributed by atoms with van der Waals surface area (Å²) in [5.74, 6) is -0.216. The normalized spacial score (nSPS) is 29.5. The molecule has 1 heterocycles. The quantitative estimate of drug-likeness (QED) is 0.459. The van der Waals surface area contributed by atoms with Gasteiger partial charge in [0.25, 0.3) is 5.91 Å². The molecule has 0 spiro atoms. The number of aliphatic hydroxyl groups is 1. The predicted molar refractivity (Wildman–Crippen MR) is 42.1 cm³/mol. The van der Waals surface area contributed by atoms with E-state index in [0.717, 1.165) is 12.8 Å². The van der Waals surface area contributed by atoms with Crippen LogP contribution < -0.4 is 5.32 Å². The van der Waals surface area contributed by atoms with E-state index in [1.54, 1.807) is 0 Å². The number of amides is 1. The van der Waals surface area contributed by atoms with Crippen molar-refractivity contribution in [2.45, 2.75) is 44.8 Å². The summed E-state index contributed by atoms with van der Waals surface area (Å²) in [4.78, 5) is 10.5. The van der Waals surface area contributed by atoms with Crippen LogP contribution in [0.4, 0.5) is 0 Å². The second kappa shape index (κ2) is 3.72. The Bertz CT molecular complexity index is 147. The van der Waals surface area contributed by atoms with E-state index in [2.05, 4.69) is 12.2 Å². The standard InChI is InChI=1S/C8H15NO2/c1-2-3-4-5-6-7(10)8(11)9-6/h6-7,10H,2-5H2,1H3,(H,9,11). The van der Waals surface area contributed by atoms with Crippen molar-refractivity contribution < 1.29 is 9.90 Å². The van der Waals surface area contributed by atoms with E-state index in [4.69, 9.17) is 5.11 Å². The Morgan fingerprint density at radius 3 is 2.73 bits per heavy atom. The lowest BCUT2D eigenvalue weighted by Crippen LogP contribution is -2.62. The molecule has 0 bridgehead atoms. The van der Waals surface area contributed by atoms with Gasteiger partial charge in [0.15, 0.2) is 6.10 Å². The molecular weight excluding hydrogens is 142 g/mol. The van der Waals surface area contributed by atoms with Crippen LogP contribution >= 0.6 is 0 Å². The van der Waals surface area contributed by atoms with E-state index in [0.29, 0.717) is 0 Å². The molecule has 1 saturated heterocycles. The summed E-state index contributed by atoms with van der Waals surface area (Å²) in [6, 6.07) is 0.0362. The fourth-order valence-electron chi connectivity index (χ4n) is 1.28. The molecule has 3 nitrogen and oxygen atoms in total. The van der Waals surface area contributed by atoms with Crippen molar-refractivity contribution in [3.63, 3.8) is 0 Å². The molecule has 1 rings (SSSR count). The van der Waals surface area contributed by atoms with Crippen LogP contribution in [0.1, 0.15) is 32.6 Å². The zero-order valence-electron chi connectivity index (χ0n) is 6.84. The molecule has 64 valence electrons. The molecule has 0 radical (unpaired) electrons. The molecule has 0 aromatic rings. The Morgan fingerprint density at radius 1 is 1.55 bits per heavy atom.